The van der Waals surface area contributed by atoms with E-state index in [9.17, 15) is 4.79 Å². The van der Waals surface area contributed by atoms with Gasteiger partial charge in [0.05, 0.1) is 5.75 Å². The highest BCUT2D eigenvalue weighted by Crippen LogP contribution is 2.25. The van der Waals surface area contributed by atoms with Gasteiger partial charge in [0.15, 0.2) is 0 Å². The Kier molecular flexibility index (Phi) is 5.88. The van der Waals surface area contributed by atoms with Gasteiger partial charge in [-0.1, -0.05) is 48.0 Å². The average molecular weight is 364 g/mol. The standard InChI is InChI=1S/C17H18BrNOS/c1-12(2)15-5-3-4-6-16(15)19-17(20)11-21-14-9-7-13(18)8-10-14/h3-10,12H,11H2,1-2H3,(H,19,20). The van der Waals surface area contributed by atoms with Gasteiger partial charge < -0.3 is 5.32 Å². The van der Waals surface area contributed by atoms with E-state index in [-0.39, 0.29) is 5.91 Å². The Hall–Kier alpha value is -1.26. The van der Waals surface area contributed by atoms with E-state index in [0.717, 1.165) is 15.1 Å². The third kappa shape index (κ3) is 4.90. The molecule has 0 aliphatic heterocycles. The maximum atomic E-state index is 12.1. The Balaban J connectivity index is 1.94. The summed E-state index contributed by atoms with van der Waals surface area (Å²) in [6.07, 6.45) is 0. The van der Waals surface area contributed by atoms with E-state index in [1.165, 1.54) is 17.3 Å². The molecule has 0 aliphatic carbocycles. The van der Waals surface area contributed by atoms with Gasteiger partial charge in [0.1, 0.15) is 0 Å². The van der Waals surface area contributed by atoms with Crippen LogP contribution in [0, 0.1) is 0 Å². The van der Waals surface area contributed by atoms with Gasteiger partial charge in [0, 0.05) is 15.1 Å². The minimum atomic E-state index is 0.0241. The van der Waals surface area contributed by atoms with Crippen LogP contribution in [0.15, 0.2) is 57.9 Å². The first kappa shape index (κ1) is 16.1. The van der Waals surface area contributed by atoms with Crippen LogP contribution < -0.4 is 5.32 Å². The van der Waals surface area contributed by atoms with Crippen molar-refractivity contribution in [2.24, 2.45) is 0 Å². The minimum Gasteiger partial charge on any atom is -0.325 e. The number of para-hydroxylation sites is 1. The fraction of sp³-hybridized carbons (Fsp3) is 0.235. The number of nitrogens with one attached hydrogen (secondary N) is 1. The number of carbonyl (C=O) groups is 1. The molecular formula is C17H18BrNOS. The fourth-order valence-corrected chi connectivity index (χ4v) is 2.94. The molecule has 0 saturated carbocycles. The maximum absolute atomic E-state index is 12.1. The van der Waals surface area contributed by atoms with Gasteiger partial charge in [0.25, 0.3) is 0 Å². The molecule has 0 aliphatic rings. The lowest BCUT2D eigenvalue weighted by Gasteiger charge is -2.13. The van der Waals surface area contributed by atoms with Gasteiger partial charge in [-0.2, -0.15) is 0 Å². The van der Waals surface area contributed by atoms with Gasteiger partial charge >= 0.3 is 0 Å². The summed E-state index contributed by atoms with van der Waals surface area (Å²) in [5.74, 6) is 0.824. The number of hydrogen-bond acceptors (Lipinski definition) is 2. The Labute approximate surface area is 138 Å². The SMILES string of the molecule is CC(C)c1ccccc1NC(=O)CSc1ccc(Br)cc1. The summed E-state index contributed by atoms with van der Waals surface area (Å²) in [6, 6.07) is 15.9. The van der Waals surface area contributed by atoms with Crippen molar-refractivity contribution in [3.63, 3.8) is 0 Å². The van der Waals surface area contributed by atoms with Gasteiger partial charge in [-0.05, 0) is 41.8 Å². The second-order valence-corrected chi connectivity index (χ2v) is 7.00. The molecule has 0 atom stereocenters. The van der Waals surface area contributed by atoms with Crippen LogP contribution in [0.5, 0.6) is 0 Å². The number of amides is 1. The minimum absolute atomic E-state index is 0.0241. The summed E-state index contributed by atoms with van der Waals surface area (Å²) in [7, 11) is 0. The van der Waals surface area contributed by atoms with Crippen molar-refractivity contribution in [3.05, 3.63) is 58.6 Å². The number of anilines is 1. The van der Waals surface area contributed by atoms with Crippen LogP contribution >= 0.6 is 27.7 Å². The zero-order valence-corrected chi connectivity index (χ0v) is 14.5. The van der Waals surface area contributed by atoms with Crippen molar-refractivity contribution >= 4 is 39.3 Å². The molecule has 1 amide bonds. The Bertz CT molecular complexity index is 610. The summed E-state index contributed by atoms with van der Waals surface area (Å²) < 4.78 is 1.04. The number of rotatable bonds is 5. The van der Waals surface area contributed by atoms with Crippen molar-refractivity contribution in [1.82, 2.24) is 0 Å². The molecule has 0 aromatic heterocycles. The molecular weight excluding hydrogens is 346 g/mol. The van der Waals surface area contributed by atoms with E-state index in [1.807, 2.05) is 42.5 Å². The molecule has 0 unspecified atom stereocenters. The van der Waals surface area contributed by atoms with Gasteiger partial charge in [-0.25, -0.2) is 0 Å². The third-order valence-electron chi connectivity index (χ3n) is 3.04. The molecule has 0 spiro atoms. The topological polar surface area (TPSA) is 29.1 Å². The summed E-state index contributed by atoms with van der Waals surface area (Å²) in [6.45, 7) is 4.25. The molecule has 1 N–H and O–H groups in total. The van der Waals surface area contributed by atoms with Crippen LogP contribution in [0.3, 0.4) is 0 Å². The van der Waals surface area contributed by atoms with E-state index in [4.69, 9.17) is 0 Å². The fourth-order valence-electron chi connectivity index (χ4n) is 1.98. The molecule has 0 bridgehead atoms. The Morgan fingerprint density at radius 3 is 2.48 bits per heavy atom. The van der Waals surface area contributed by atoms with Crippen LogP contribution in [0.25, 0.3) is 0 Å². The molecule has 2 nitrogen and oxygen atoms in total. The monoisotopic (exact) mass is 363 g/mol. The molecule has 0 saturated heterocycles. The normalized spacial score (nSPS) is 10.7. The Morgan fingerprint density at radius 2 is 1.81 bits per heavy atom. The first-order valence-electron chi connectivity index (χ1n) is 6.83. The lowest BCUT2D eigenvalue weighted by molar-refractivity contribution is -0.113. The van der Waals surface area contributed by atoms with E-state index in [0.29, 0.717) is 11.7 Å². The predicted molar refractivity (Wildman–Crippen MR) is 94.0 cm³/mol. The molecule has 4 heteroatoms. The molecule has 0 radical (unpaired) electrons. The van der Waals surface area contributed by atoms with Crippen molar-refractivity contribution in [1.29, 1.82) is 0 Å². The summed E-state index contributed by atoms with van der Waals surface area (Å²) in [5.41, 5.74) is 2.08. The van der Waals surface area contributed by atoms with Crippen molar-refractivity contribution in [2.75, 3.05) is 11.1 Å². The molecule has 0 heterocycles. The first-order valence-corrected chi connectivity index (χ1v) is 8.61. The zero-order chi connectivity index (χ0) is 15.2. The van der Waals surface area contributed by atoms with Crippen molar-refractivity contribution in [2.45, 2.75) is 24.7 Å². The van der Waals surface area contributed by atoms with Crippen LogP contribution in [-0.4, -0.2) is 11.7 Å². The van der Waals surface area contributed by atoms with Crippen LogP contribution in [0.1, 0.15) is 25.3 Å². The zero-order valence-electron chi connectivity index (χ0n) is 12.1. The largest absolute Gasteiger partial charge is 0.325 e. The molecule has 2 aromatic carbocycles. The number of carbonyl (C=O) groups excluding carboxylic acids is 1. The predicted octanol–water partition coefficient (Wildman–Crippen LogP) is 5.30. The quantitative estimate of drug-likeness (QED) is 0.729. The number of hydrogen-bond donors (Lipinski definition) is 1. The van der Waals surface area contributed by atoms with Gasteiger partial charge in [-0.3, -0.25) is 4.79 Å². The van der Waals surface area contributed by atoms with Crippen LogP contribution in [0.2, 0.25) is 0 Å². The van der Waals surface area contributed by atoms with Crippen LogP contribution in [0.4, 0.5) is 5.69 Å². The molecule has 2 rings (SSSR count). The molecule has 110 valence electrons. The van der Waals surface area contributed by atoms with Crippen molar-refractivity contribution < 1.29 is 4.79 Å². The smallest absolute Gasteiger partial charge is 0.234 e. The highest BCUT2D eigenvalue weighted by atomic mass is 79.9. The second kappa shape index (κ2) is 7.66. The molecule has 2 aromatic rings. The first-order chi connectivity index (χ1) is 10.1. The molecule has 21 heavy (non-hydrogen) atoms. The lowest BCUT2D eigenvalue weighted by Crippen LogP contribution is -2.15. The third-order valence-corrected chi connectivity index (χ3v) is 4.58. The lowest BCUT2D eigenvalue weighted by atomic mass is 10.0. The van der Waals surface area contributed by atoms with Crippen molar-refractivity contribution in [3.8, 4) is 0 Å². The average Bonchev–Trinajstić information content (AvgIpc) is 2.47. The summed E-state index contributed by atoms with van der Waals surface area (Å²) in [4.78, 5) is 13.2. The van der Waals surface area contributed by atoms with Gasteiger partial charge in [0.2, 0.25) is 5.91 Å². The molecule has 0 fully saturated rings. The second-order valence-electron chi connectivity index (χ2n) is 5.03. The van der Waals surface area contributed by atoms with Gasteiger partial charge in [-0.15, -0.1) is 11.8 Å². The van der Waals surface area contributed by atoms with Crippen LogP contribution in [-0.2, 0) is 4.79 Å². The number of halogens is 1. The summed E-state index contributed by atoms with van der Waals surface area (Å²) in [5, 5.41) is 3.00. The summed E-state index contributed by atoms with van der Waals surface area (Å²) >= 11 is 4.94. The highest BCUT2D eigenvalue weighted by Gasteiger charge is 2.09. The van der Waals surface area contributed by atoms with E-state index in [2.05, 4.69) is 41.2 Å². The maximum Gasteiger partial charge on any atom is 0.234 e. The van der Waals surface area contributed by atoms with E-state index < -0.39 is 0 Å². The Morgan fingerprint density at radius 1 is 1.14 bits per heavy atom. The highest BCUT2D eigenvalue weighted by molar-refractivity contribution is 9.10. The van der Waals surface area contributed by atoms with E-state index in [1.54, 1.807) is 0 Å². The van der Waals surface area contributed by atoms with E-state index >= 15 is 0 Å². The number of thioether (sulfide) groups is 1. The number of benzene rings is 2.